The van der Waals surface area contributed by atoms with E-state index in [1.165, 1.54) is 131 Å². The van der Waals surface area contributed by atoms with E-state index in [1.807, 2.05) is 0 Å². The Morgan fingerprint density at radius 1 is 0.197 bits per heavy atom. The molecule has 0 aliphatic heterocycles. The third-order valence-electron chi connectivity index (χ3n) is 14.2. The van der Waals surface area contributed by atoms with Crippen molar-refractivity contribution in [1.82, 2.24) is 0 Å². The molecule has 2 aliphatic rings. The number of rotatable bonds is 2. The minimum Gasteiger partial charge on any atom is -0.0619 e. The van der Waals surface area contributed by atoms with Crippen molar-refractivity contribution in [3.8, 4) is 44.5 Å². The van der Waals surface area contributed by atoms with Gasteiger partial charge >= 0.3 is 0 Å². The van der Waals surface area contributed by atoms with Gasteiger partial charge < -0.3 is 0 Å². The number of hydrogen-bond donors (Lipinski definition) is 0. The fraction of sp³-hybridized carbons (Fsp3) is 0.0164. The van der Waals surface area contributed by atoms with Gasteiger partial charge in [0, 0.05) is 0 Å². The molecule has 61 heavy (non-hydrogen) atoms. The molecule has 0 saturated carbocycles. The Bertz CT molecular complexity index is 3780. The molecule has 0 radical (unpaired) electrons. The molecule has 12 aromatic carbocycles. The van der Waals surface area contributed by atoms with E-state index in [4.69, 9.17) is 0 Å². The first-order valence-electron chi connectivity index (χ1n) is 21.4. The molecule has 14 rings (SSSR count). The lowest BCUT2D eigenvalue weighted by atomic mass is 9.69. The molecule has 0 nitrogen and oxygen atoms in total. The third-order valence-corrected chi connectivity index (χ3v) is 14.2. The van der Waals surface area contributed by atoms with E-state index in [0.29, 0.717) is 0 Å². The molecule has 0 N–H and O–H groups in total. The van der Waals surface area contributed by atoms with E-state index >= 15 is 0 Å². The molecule has 0 aromatic heterocycles. The molecule has 0 bridgehead atoms. The Kier molecular flexibility index (Phi) is 6.58. The van der Waals surface area contributed by atoms with Gasteiger partial charge in [0.05, 0.1) is 5.41 Å². The standard InChI is InChI=1S/C61H36/c1-4-20-40-37(17-1)33-34-55-59(40)60-46-26-8-7-23-43(46)52(36-56(60)61(55)53-31-15-13-24-44(53)45-25-14-16-32-54(45)61)58-49-29-11-9-27-47(49)57(48-28-10-12-30-50(48)58)51-35-38-18-2-3-19-39(38)41-21-5-6-22-42(41)51/h1-36H. The molecule has 0 atom stereocenters. The van der Waals surface area contributed by atoms with E-state index in [0.717, 1.165) is 0 Å². The van der Waals surface area contributed by atoms with Crippen LogP contribution in [-0.4, -0.2) is 0 Å². The highest BCUT2D eigenvalue weighted by molar-refractivity contribution is 6.28. The molecular weight excluding hydrogens is 733 g/mol. The first-order valence-corrected chi connectivity index (χ1v) is 21.4. The molecule has 0 heteroatoms. The lowest BCUT2D eigenvalue weighted by Crippen LogP contribution is -2.26. The highest BCUT2D eigenvalue weighted by Crippen LogP contribution is 2.65. The van der Waals surface area contributed by atoms with Gasteiger partial charge in [-0.2, -0.15) is 0 Å². The van der Waals surface area contributed by atoms with Crippen molar-refractivity contribution in [2.24, 2.45) is 0 Å². The van der Waals surface area contributed by atoms with Crippen LogP contribution in [-0.2, 0) is 5.41 Å². The van der Waals surface area contributed by atoms with Crippen LogP contribution in [0, 0.1) is 0 Å². The van der Waals surface area contributed by atoms with Gasteiger partial charge in [-0.15, -0.1) is 0 Å². The van der Waals surface area contributed by atoms with Gasteiger partial charge in [-0.1, -0.05) is 206 Å². The zero-order chi connectivity index (χ0) is 39.8. The van der Waals surface area contributed by atoms with Crippen LogP contribution in [0.25, 0.3) is 109 Å². The zero-order valence-corrected chi connectivity index (χ0v) is 33.3. The van der Waals surface area contributed by atoms with E-state index in [9.17, 15) is 0 Å². The first-order chi connectivity index (χ1) is 30.3. The van der Waals surface area contributed by atoms with Crippen molar-refractivity contribution in [3.63, 3.8) is 0 Å². The van der Waals surface area contributed by atoms with Crippen molar-refractivity contribution in [3.05, 3.63) is 241 Å². The largest absolute Gasteiger partial charge is 0.0726 e. The number of hydrogen-bond acceptors (Lipinski definition) is 0. The van der Waals surface area contributed by atoms with Crippen molar-refractivity contribution < 1.29 is 0 Å². The predicted octanol–water partition coefficient (Wildman–Crippen LogP) is 16.3. The molecule has 2 aliphatic carbocycles. The number of benzene rings is 12. The molecule has 12 aromatic rings. The Balaban J connectivity index is 1.17. The van der Waals surface area contributed by atoms with Crippen LogP contribution < -0.4 is 0 Å². The van der Waals surface area contributed by atoms with E-state index in [-0.39, 0.29) is 0 Å². The van der Waals surface area contributed by atoms with Crippen LogP contribution >= 0.6 is 0 Å². The molecule has 0 fully saturated rings. The normalized spacial score (nSPS) is 13.4. The SMILES string of the molecule is c1ccc2c(c1)-c1ccccc1C21c2ccc3ccccc3c2-c2c1cc(-c1c3ccccc3c(-c3cc4ccccc4c4ccccc34)c3ccccc13)c1ccccc21. The second kappa shape index (κ2) is 12.1. The average Bonchev–Trinajstić information content (AvgIpc) is 3.80. The summed E-state index contributed by atoms with van der Waals surface area (Å²) in [5, 5.41) is 15.3. The summed E-state index contributed by atoms with van der Waals surface area (Å²) in [4.78, 5) is 0. The maximum atomic E-state index is 2.62. The molecule has 0 heterocycles. The fourth-order valence-corrected chi connectivity index (χ4v) is 11.9. The minimum absolute atomic E-state index is 0.490. The smallest absolute Gasteiger partial charge is 0.0619 e. The van der Waals surface area contributed by atoms with E-state index in [2.05, 4.69) is 218 Å². The molecule has 0 saturated heterocycles. The van der Waals surface area contributed by atoms with Crippen LogP contribution in [0.2, 0.25) is 0 Å². The summed E-state index contributed by atoms with van der Waals surface area (Å²) >= 11 is 0. The van der Waals surface area contributed by atoms with Crippen molar-refractivity contribution in [2.45, 2.75) is 5.41 Å². The van der Waals surface area contributed by atoms with Crippen molar-refractivity contribution in [2.75, 3.05) is 0 Å². The van der Waals surface area contributed by atoms with Crippen molar-refractivity contribution in [1.29, 1.82) is 0 Å². The van der Waals surface area contributed by atoms with E-state index in [1.54, 1.807) is 0 Å². The third kappa shape index (κ3) is 4.19. The van der Waals surface area contributed by atoms with Gasteiger partial charge in [0.15, 0.2) is 0 Å². The monoisotopic (exact) mass is 768 g/mol. The maximum absolute atomic E-state index is 2.62. The summed E-state index contributed by atoms with van der Waals surface area (Å²) < 4.78 is 0. The summed E-state index contributed by atoms with van der Waals surface area (Å²) in [6.45, 7) is 0. The molecule has 0 amide bonds. The summed E-state index contributed by atoms with van der Waals surface area (Å²) in [5.41, 5.74) is 15.4. The van der Waals surface area contributed by atoms with Crippen LogP contribution in [0.5, 0.6) is 0 Å². The Labute approximate surface area is 353 Å². The fourth-order valence-electron chi connectivity index (χ4n) is 11.9. The lowest BCUT2D eigenvalue weighted by Gasteiger charge is -2.31. The molecule has 280 valence electrons. The summed E-state index contributed by atoms with van der Waals surface area (Å²) in [7, 11) is 0. The van der Waals surface area contributed by atoms with Gasteiger partial charge in [0.2, 0.25) is 0 Å². The highest BCUT2D eigenvalue weighted by atomic mass is 14.5. The molecular formula is C61H36. The quantitative estimate of drug-likeness (QED) is 0.121. The molecule has 1 spiro atoms. The van der Waals surface area contributed by atoms with Crippen LogP contribution in [0.4, 0.5) is 0 Å². The van der Waals surface area contributed by atoms with Crippen LogP contribution in [0.15, 0.2) is 218 Å². The Morgan fingerprint density at radius 2 is 0.590 bits per heavy atom. The Morgan fingerprint density at radius 3 is 1.18 bits per heavy atom. The van der Waals surface area contributed by atoms with Gasteiger partial charge in [-0.3, -0.25) is 0 Å². The molecule has 0 unspecified atom stereocenters. The van der Waals surface area contributed by atoms with Gasteiger partial charge in [-0.05, 0) is 144 Å². The second-order valence-corrected chi connectivity index (χ2v) is 17.0. The Hall–Kier alpha value is -7.80. The summed E-state index contributed by atoms with van der Waals surface area (Å²) in [5.74, 6) is 0. The maximum Gasteiger partial charge on any atom is 0.0726 e. The van der Waals surface area contributed by atoms with Crippen molar-refractivity contribution >= 4 is 64.6 Å². The van der Waals surface area contributed by atoms with E-state index < -0.39 is 5.41 Å². The minimum atomic E-state index is -0.490. The highest BCUT2D eigenvalue weighted by Gasteiger charge is 2.52. The first kappa shape index (κ1) is 33.1. The summed E-state index contributed by atoms with van der Waals surface area (Å²) in [6.07, 6.45) is 0. The van der Waals surface area contributed by atoms with Gasteiger partial charge in [0.25, 0.3) is 0 Å². The zero-order valence-electron chi connectivity index (χ0n) is 33.3. The lowest BCUT2D eigenvalue weighted by molar-refractivity contribution is 0.795. The van der Waals surface area contributed by atoms with Gasteiger partial charge in [0.1, 0.15) is 0 Å². The topological polar surface area (TPSA) is 0 Å². The average molecular weight is 769 g/mol. The second-order valence-electron chi connectivity index (χ2n) is 17.0. The predicted molar refractivity (Wildman–Crippen MR) is 259 cm³/mol. The van der Waals surface area contributed by atoms with Gasteiger partial charge in [-0.25, -0.2) is 0 Å². The van der Waals surface area contributed by atoms with Crippen LogP contribution in [0.1, 0.15) is 22.3 Å². The summed E-state index contributed by atoms with van der Waals surface area (Å²) in [6, 6.07) is 82.5. The number of fused-ring (bicyclic) bond motifs is 19. The van der Waals surface area contributed by atoms with Crippen LogP contribution in [0.3, 0.4) is 0 Å².